The zero-order chi connectivity index (χ0) is 17.7. The number of rotatable bonds is 7. The second-order valence-corrected chi connectivity index (χ2v) is 7.61. The van der Waals surface area contributed by atoms with Gasteiger partial charge in [0.1, 0.15) is 0 Å². The van der Waals surface area contributed by atoms with Crippen LogP contribution in [0.3, 0.4) is 0 Å². The van der Waals surface area contributed by atoms with E-state index < -0.39 is 0 Å². The van der Waals surface area contributed by atoms with Gasteiger partial charge >= 0.3 is 0 Å². The number of piperidine rings is 1. The van der Waals surface area contributed by atoms with Crippen LogP contribution in [-0.2, 0) is 6.54 Å². The average molecular weight is 348 g/mol. The van der Waals surface area contributed by atoms with Crippen molar-refractivity contribution < 1.29 is 14.6 Å². The van der Waals surface area contributed by atoms with Crippen molar-refractivity contribution in [2.75, 3.05) is 53.6 Å². The maximum atomic E-state index is 10.0. The lowest BCUT2D eigenvalue weighted by Crippen LogP contribution is -2.47. The SMILES string of the molecule is COc1ccc(CN2CCC(CO)(CN3CCCC3)CC2)cc1OC. The lowest BCUT2D eigenvalue weighted by Gasteiger charge is -2.42. The molecule has 0 aromatic heterocycles. The summed E-state index contributed by atoms with van der Waals surface area (Å²) in [6.07, 6.45) is 4.78. The number of benzene rings is 1. The zero-order valence-electron chi connectivity index (χ0n) is 15.7. The highest BCUT2D eigenvalue weighted by atomic mass is 16.5. The first kappa shape index (κ1) is 18.5. The summed E-state index contributed by atoms with van der Waals surface area (Å²) in [5.41, 5.74) is 1.34. The van der Waals surface area contributed by atoms with Crippen molar-refractivity contribution in [3.05, 3.63) is 23.8 Å². The molecule has 0 radical (unpaired) electrons. The first-order chi connectivity index (χ1) is 12.2. The second kappa shape index (κ2) is 8.39. The molecule has 0 atom stereocenters. The zero-order valence-corrected chi connectivity index (χ0v) is 15.7. The van der Waals surface area contributed by atoms with E-state index in [1.807, 2.05) is 6.07 Å². The summed E-state index contributed by atoms with van der Waals surface area (Å²) in [5.74, 6) is 1.56. The van der Waals surface area contributed by atoms with Crippen LogP contribution in [0.1, 0.15) is 31.2 Å². The van der Waals surface area contributed by atoms with Gasteiger partial charge in [-0.2, -0.15) is 0 Å². The van der Waals surface area contributed by atoms with Crippen molar-refractivity contribution in [2.45, 2.75) is 32.2 Å². The Labute approximate surface area is 151 Å². The van der Waals surface area contributed by atoms with Crippen LogP contribution < -0.4 is 9.47 Å². The molecule has 1 aromatic carbocycles. The van der Waals surface area contributed by atoms with Crippen molar-refractivity contribution in [1.29, 1.82) is 0 Å². The average Bonchev–Trinajstić information content (AvgIpc) is 3.16. The molecule has 0 unspecified atom stereocenters. The van der Waals surface area contributed by atoms with Crippen molar-refractivity contribution in [3.8, 4) is 11.5 Å². The third-order valence-corrected chi connectivity index (χ3v) is 5.86. The first-order valence-electron chi connectivity index (χ1n) is 9.44. The minimum atomic E-state index is 0.0957. The Balaban J connectivity index is 1.56. The van der Waals surface area contributed by atoms with Gasteiger partial charge in [0.15, 0.2) is 11.5 Å². The van der Waals surface area contributed by atoms with Crippen LogP contribution >= 0.6 is 0 Å². The third kappa shape index (κ3) is 4.46. The van der Waals surface area contributed by atoms with E-state index in [1.54, 1.807) is 14.2 Å². The number of nitrogens with zero attached hydrogens (tertiary/aromatic N) is 2. The van der Waals surface area contributed by atoms with Crippen molar-refractivity contribution >= 4 is 0 Å². The topological polar surface area (TPSA) is 45.2 Å². The van der Waals surface area contributed by atoms with Gasteiger partial charge in [0.2, 0.25) is 0 Å². The molecule has 2 saturated heterocycles. The third-order valence-electron chi connectivity index (χ3n) is 5.86. The summed E-state index contributed by atoms with van der Waals surface area (Å²) in [5, 5.41) is 10.0. The molecule has 25 heavy (non-hydrogen) atoms. The van der Waals surface area contributed by atoms with Crippen LogP contribution in [0.2, 0.25) is 0 Å². The number of hydrogen-bond donors (Lipinski definition) is 1. The number of aliphatic hydroxyl groups is 1. The van der Waals surface area contributed by atoms with Crippen molar-refractivity contribution in [2.24, 2.45) is 5.41 Å². The number of likely N-dealkylation sites (tertiary alicyclic amines) is 2. The summed E-state index contributed by atoms with van der Waals surface area (Å²) in [4.78, 5) is 5.03. The van der Waals surface area contributed by atoms with Gasteiger partial charge in [-0.15, -0.1) is 0 Å². The van der Waals surface area contributed by atoms with Crippen LogP contribution in [0.4, 0.5) is 0 Å². The van der Waals surface area contributed by atoms with Crippen LogP contribution in [-0.4, -0.2) is 68.5 Å². The molecular weight excluding hydrogens is 316 g/mol. The van der Waals surface area contributed by atoms with E-state index in [0.717, 1.165) is 50.5 Å². The van der Waals surface area contributed by atoms with E-state index in [1.165, 1.54) is 31.5 Å². The number of methoxy groups -OCH3 is 2. The molecule has 2 heterocycles. The van der Waals surface area contributed by atoms with Crippen LogP contribution in [0.15, 0.2) is 18.2 Å². The van der Waals surface area contributed by atoms with E-state index >= 15 is 0 Å². The van der Waals surface area contributed by atoms with E-state index in [-0.39, 0.29) is 5.41 Å². The minimum absolute atomic E-state index is 0.0957. The van der Waals surface area contributed by atoms with Gasteiger partial charge in [-0.1, -0.05) is 6.07 Å². The standard InChI is InChI=1S/C20H32N2O3/c1-24-18-6-5-17(13-19(18)25-2)14-21-11-7-20(16-23,8-12-21)15-22-9-3-4-10-22/h5-6,13,23H,3-4,7-12,14-16H2,1-2H3. The molecule has 0 saturated carbocycles. The largest absolute Gasteiger partial charge is 0.493 e. The highest BCUT2D eigenvalue weighted by Gasteiger charge is 2.36. The molecule has 140 valence electrons. The van der Waals surface area contributed by atoms with E-state index in [0.29, 0.717) is 6.61 Å². The molecule has 0 amide bonds. The number of ether oxygens (including phenoxy) is 2. The van der Waals surface area contributed by atoms with E-state index in [2.05, 4.69) is 21.9 Å². The van der Waals surface area contributed by atoms with Crippen LogP contribution in [0, 0.1) is 5.41 Å². The van der Waals surface area contributed by atoms with Gasteiger partial charge in [-0.3, -0.25) is 4.90 Å². The van der Waals surface area contributed by atoms with Gasteiger partial charge in [0, 0.05) is 18.5 Å². The Bertz CT molecular complexity index is 550. The molecule has 0 bridgehead atoms. The van der Waals surface area contributed by atoms with E-state index in [4.69, 9.17) is 9.47 Å². The fourth-order valence-electron chi connectivity index (χ4n) is 4.20. The molecular formula is C20H32N2O3. The molecule has 1 N–H and O–H groups in total. The summed E-state index contributed by atoms with van der Waals surface area (Å²) in [6, 6.07) is 6.15. The van der Waals surface area contributed by atoms with Crippen molar-refractivity contribution in [3.63, 3.8) is 0 Å². The highest BCUT2D eigenvalue weighted by molar-refractivity contribution is 5.42. The minimum Gasteiger partial charge on any atom is -0.493 e. The van der Waals surface area contributed by atoms with Gasteiger partial charge in [0.25, 0.3) is 0 Å². The Morgan fingerprint density at radius 2 is 1.64 bits per heavy atom. The fourth-order valence-corrected chi connectivity index (χ4v) is 4.20. The summed E-state index contributed by atoms with van der Waals surface area (Å²) in [6.45, 7) is 6.80. The normalized spacial score (nSPS) is 21.4. The molecule has 5 nitrogen and oxygen atoms in total. The quantitative estimate of drug-likeness (QED) is 0.820. The molecule has 3 rings (SSSR count). The fraction of sp³-hybridized carbons (Fsp3) is 0.700. The Morgan fingerprint density at radius 1 is 0.960 bits per heavy atom. The molecule has 2 aliphatic heterocycles. The van der Waals surface area contributed by atoms with E-state index in [9.17, 15) is 5.11 Å². The summed E-state index contributed by atoms with van der Waals surface area (Å²) >= 11 is 0. The van der Waals surface area contributed by atoms with Crippen molar-refractivity contribution in [1.82, 2.24) is 9.80 Å². The lowest BCUT2D eigenvalue weighted by atomic mass is 9.78. The molecule has 2 aliphatic rings. The van der Waals surface area contributed by atoms with Gasteiger partial charge < -0.3 is 19.5 Å². The maximum Gasteiger partial charge on any atom is 0.161 e. The molecule has 2 fully saturated rings. The lowest BCUT2D eigenvalue weighted by molar-refractivity contribution is 0.0165. The summed E-state index contributed by atoms with van der Waals surface area (Å²) in [7, 11) is 3.34. The molecule has 1 aromatic rings. The van der Waals surface area contributed by atoms with Crippen LogP contribution in [0.5, 0.6) is 11.5 Å². The van der Waals surface area contributed by atoms with Gasteiger partial charge in [-0.25, -0.2) is 0 Å². The monoisotopic (exact) mass is 348 g/mol. The maximum absolute atomic E-state index is 10.0. The summed E-state index contributed by atoms with van der Waals surface area (Å²) < 4.78 is 10.7. The smallest absolute Gasteiger partial charge is 0.161 e. The number of aliphatic hydroxyl groups excluding tert-OH is 1. The predicted molar refractivity (Wildman–Crippen MR) is 99.2 cm³/mol. The second-order valence-electron chi connectivity index (χ2n) is 7.61. The Hall–Kier alpha value is -1.30. The van der Waals surface area contributed by atoms with Gasteiger partial charge in [0.05, 0.1) is 20.8 Å². The van der Waals surface area contributed by atoms with Gasteiger partial charge in [-0.05, 0) is 69.6 Å². The molecule has 0 aliphatic carbocycles. The molecule has 5 heteroatoms. The van der Waals surface area contributed by atoms with Crippen LogP contribution in [0.25, 0.3) is 0 Å². The Kier molecular flexibility index (Phi) is 6.20. The molecule has 0 spiro atoms. The predicted octanol–water partition coefficient (Wildman–Crippen LogP) is 2.37. The number of hydrogen-bond acceptors (Lipinski definition) is 5. The first-order valence-corrected chi connectivity index (χ1v) is 9.44. The Morgan fingerprint density at radius 3 is 2.24 bits per heavy atom. The highest BCUT2D eigenvalue weighted by Crippen LogP contribution is 2.34.